The summed E-state index contributed by atoms with van der Waals surface area (Å²) in [5, 5.41) is 10.8. The average Bonchev–Trinajstić information content (AvgIpc) is 1.68. The first-order chi connectivity index (χ1) is 3.31. The Labute approximate surface area is 42.5 Å². The molecule has 38 valence electrons. The Balaban J connectivity index is 3.82. The van der Waals surface area contributed by atoms with E-state index in [-0.39, 0.29) is 0 Å². The Hall–Kier alpha value is -1.01. The van der Waals surface area contributed by atoms with Gasteiger partial charge in [0.1, 0.15) is 0 Å². The molecule has 0 aliphatic heterocycles. The summed E-state index contributed by atoms with van der Waals surface area (Å²) in [6.07, 6.45) is 1.49. The quantitative estimate of drug-likeness (QED) is 0.226. The predicted molar refractivity (Wildman–Crippen MR) is 28.6 cm³/mol. The van der Waals surface area contributed by atoms with Crippen molar-refractivity contribution in [3.05, 3.63) is 18.4 Å². The van der Waals surface area contributed by atoms with E-state index in [9.17, 15) is 0 Å². The summed E-state index contributed by atoms with van der Waals surface area (Å²) in [6, 6.07) is 0. The Bertz CT molecular complexity index is 120. The van der Waals surface area contributed by atoms with Crippen LogP contribution in [0, 0.1) is 0 Å². The van der Waals surface area contributed by atoms with Crippen molar-refractivity contribution < 1.29 is 5.21 Å². The van der Waals surface area contributed by atoms with Gasteiger partial charge in [0, 0.05) is 6.08 Å². The fourth-order valence-electron chi connectivity index (χ4n) is 0.177. The highest BCUT2D eigenvalue weighted by Crippen LogP contribution is 1.72. The van der Waals surface area contributed by atoms with E-state index in [4.69, 9.17) is 5.21 Å². The van der Waals surface area contributed by atoms with Gasteiger partial charge in [-0.25, -0.2) is 0 Å². The minimum absolute atomic E-state index is 0.509. The maximum absolute atomic E-state index is 7.95. The topological polar surface area (TPSA) is 32.6 Å². The van der Waals surface area contributed by atoms with Crippen LogP contribution in [-0.2, 0) is 0 Å². The van der Waals surface area contributed by atoms with Crippen LogP contribution in [-0.4, -0.2) is 10.9 Å². The summed E-state index contributed by atoms with van der Waals surface area (Å²) in [6.45, 7) is 4.93. The van der Waals surface area contributed by atoms with Crippen LogP contribution in [0.1, 0.15) is 6.92 Å². The van der Waals surface area contributed by atoms with E-state index in [0.29, 0.717) is 5.71 Å². The molecular formula is C5H7NO. The van der Waals surface area contributed by atoms with Gasteiger partial charge in [-0.2, -0.15) is 0 Å². The molecule has 1 N–H and O–H groups in total. The zero-order chi connectivity index (χ0) is 5.70. The number of nitrogens with zero attached hydrogens (tertiary/aromatic N) is 1. The molecule has 7 heavy (non-hydrogen) atoms. The van der Waals surface area contributed by atoms with Crippen LogP contribution in [0.2, 0.25) is 0 Å². The van der Waals surface area contributed by atoms with E-state index in [1.807, 2.05) is 0 Å². The first kappa shape index (κ1) is 5.99. The number of allylic oxidation sites excluding steroid dienone is 1. The fraction of sp³-hybridized carbons (Fsp3) is 0.200. The zero-order valence-electron chi connectivity index (χ0n) is 4.18. The average molecular weight is 97.1 g/mol. The zero-order valence-corrected chi connectivity index (χ0v) is 4.18. The maximum atomic E-state index is 7.95. The first-order valence-corrected chi connectivity index (χ1v) is 1.85. The number of hydrogen-bond acceptors (Lipinski definition) is 2. The lowest BCUT2D eigenvalue weighted by atomic mass is 10.4. The molecule has 0 bridgehead atoms. The second-order valence-corrected chi connectivity index (χ2v) is 1.09. The molecule has 0 fully saturated rings. The van der Waals surface area contributed by atoms with Gasteiger partial charge in [-0.3, -0.25) is 0 Å². The van der Waals surface area contributed by atoms with Crippen LogP contribution in [0.3, 0.4) is 0 Å². The van der Waals surface area contributed by atoms with Crippen LogP contribution in [0.5, 0.6) is 0 Å². The Morgan fingerprint density at radius 2 is 2.57 bits per heavy atom. The van der Waals surface area contributed by atoms with Crippen molar-refractivity contribution in [2.45, 2.75) is 6.92 Å². The molecule has 2 nitrogen and oxygen atoms in total. The van der Waals surface area contributed by atoms with Crippen molar-refractivity contribution in [2.75, 3.05) is 0 Å². The highest BCUT2D eigenvalue weighted by molar-refractivity contribution is 5.91. The smallest absolute Gasteiger partial charge is 0.0841 e. The second-order valence-electron chi connectivity index (χ2n) is 1.09. The number of oxime groups is 1. The standard InChI is InChI=1S/C5H7NO/c1-3-4-5(2)6-7/h4,7H,1H2,2H3/b6-5+. The molecule has 0 saturated carbocycles. The van der Waals surface area contributed by atoms with Gasteiger partial charge in [-0.1, -0.05) is 11.7 Å². The fourth-order valence-corrected chi connectivity index (χ4v) is 0.177. The second kappa shape index (κ2) is 3.19. The van der Waals surface area contributed by atoms with Crippen molar-refractivity contribution in [2.24, 2.45) is 5.16 Å². The Kier molecular flexibility index (Phi) is 2.73. The molecular weight excluding hydrogens is 90.1 g/mol. The SMILES string of the molecule is C=C=C/C(C)=N/O. The van der Waals surface area contributed by atoms with Crippen molar-refractivity contribution >= 4 is 5.71 Å². The molecule has 0 spiro atoms. The van der Waals surface area contributed by atoms with E-state index >= 15 is 0 Å². The van der Waals surface area contributed by atoms with Crippen LogP contribution in [0.25, 0.3) is 0 Å². The molecule has 0 aromatic rings. The molecule has 0 aromatic carbocycles. The lowest BCUT2D eigenvalue weighted by molar-refractivity contribution is 0.319. The van der Waals surface area contributed by atoms with Crippen molar-refractivity contribution in [1.29, 1.82) is 0 Å². The van der Waals surface area contributed by atoms with Crippen LogP contribution < -0.4 is 0 Å². The first-order valence-electron chi connectivity index (χ1n) is 1.85. The van der Waals surface area contributed by atoms with Crippen LogP contribution in [0.4, 0.5) is 0 Å². The maximum Gasteiger partial charge on any atom is 0.0841 e. The van der Waals surface area contributed by atoms with Gasteiger partial charge < -0.3 is 5.21 Å². The highest BCUT2D eigenvalue weighted by Gasteiger charge is 1.73. The molecule has 0 aliphatic rings. The predicted octanol–water partition coefficient (Wildman–Crippen LogP) is 1.18. The third kappa shape index (κ3) is 2.80. The van der Waals surface area contributed by atoms with Crippen LogP contribution >= 0.6 is 0 Å². The Morgan fingerprint density at radius 1 is 2.00 bits per heavy atom. The van der Waals surface area contributed by atoms with E-state index < -0.39 is 0 Å². The summed E-state index contributed by atoms with van der Waals surface area (Å²) in [4.78, 5) is 0. The monoisotopic (exact) mass is 97.1 g/mol. The summed E-state index contributed by atoms with van der Waals surface area (Å²) in [7, 11) is 0. The highest BCUT2D eigenvalue weighted by atomic mass is 16.4. The molecule has 2 heteroatoms. The molecule has 0 rings (SSSR count). The molecule has 0 amide bonds. The molecule has 0 unspecified atom stereocenters. The van der Waals surface area contributed by atoms with Crippen molar-refractivity contribution in [3.63, 3.8) is 0 Å². The van der Waals surface area contributed by atoms with Gasteiger partial charge in [-0.15, -0.1) is 5.73 Å². The third-order valence-corrected chi connectivity index (χ3v) is 0.469. The molecule has 0 heterocycles. The molecule has 0 atom stereocenters. The van der Waals surface area contributed by atoms with E-state index in [1.54, 1.807) is 6.92 Å². The van der Waals surface area contributed by atoms with E-state index in [2.05, 4.69) is 17.5 Å². The van der Waals surface area contributed by atoms with Crippen molar-refractivity contribution in [3.8, 4) is 0 Å². The van der Waals surface area contributed by atoms with E-state index in [0.717, 1.165) is 0 Å². The van der Waals surface area contributed by atoms with Gasteiger partial charge in [0.05, 0.1) is 5.71 Å². The summed E-state index contributed by atoms with van der Waals surface area (Å²) >= 11 is 0. The minimum atomic E-state index is 0.509. The third-order valence-electron chi connectivity index (χ3n) is 0.469. The number of rotatable bonds is 1. The van der Waals surface area contributed by atoms with Gasteiger partial charge in [0.15, 0.2) is 0 Å². The molecule has 0 radical (unpaired) electrons. The Morgan fingerprint density at radius 3 is 2.71 bits per heavy atom. The molecule has 0 aliphatic carbocycles. The van der Waals surface area contributed by atoms with Crippen molar-refractivity contribution in [1.82, 2.24) is 0 Å². The summed E-state index contributed by atoms with van der Waals surface area (Å²) in [5.41, 5.74) is 2.96. The number of hydrogen-bond donors (Lipinski definition) is 1. The normalized spacial score (nSPS) is 10.1. The largest absolute Gasteiger partial charge is 0.411 e. The minimum Gasteiger partial charge on any atom is -0.411 e. The lowest BCUT2D eigenvalue weighted by Crippen LogP contribution is -1.79. The van der Waals surface area contributed by atoms with Gasteiger partial charge in [-0.05, 0) is 6.92 Å². The lowest BCUT2D eigenvalue weighted by Gasteiger charge is -1.76. The molecule has 0 aromatic heterocycles. The van der Waals surface area contributed by atoms with E-state index in [1.165, 1.54) is 6.08 Å². The summed E-state index contributed by atoms with van der Waals surface area (Å²) in [5.74, 6) is 0. The van der Waals surface area contributed by atoms with Crippen LogP contribution in [0.15, 0.2) is 23.5 Å². The van der Waals surface area contributed by atoms with Gasteiger partial charge in [0.2, 0.25) is 0 Å². The summed E-state index contributed by atoms with van der Waals surface area (Å²) < 4.78 is 0. The molecule has 0 saturated heterocycles. The van der Waals surface area contributed by atoms with Gasteiger partial charge in [0.25, 0.3) is 0 Å². The van der Waals surface area contributed by atoms with Gasteiger partial charge >= 0.3 is 0 Å².